The van der Waals surface area contributed by atoms with Crippen LogP contribution in [0.1, 0.15) is 62.6 Å². The van der Waals surface area contributed by atoms with Gasteiger partial charge in [0.2, 0.25) is 11.8 Å². The van der Waals surface area contributed by atoms with Crippen LogP contribution < -0.4 is 10.6 Å². The van der Waals surface area contributed by atoms with Crippen LogP contribution >= 0.6 is 12.4 Å². The molecule has 2 fully saturated rings. The Morgan fingerprint density at radius 1 is 1.14 bits per heavy atom. The Labute approximate surface area is 175 Å². The molecule has 1 saturated heterocycles. The third kappa shape index (κ3) is 5.95. The van der Waals surface area contributed by atoms with Crippen molar-refractivity contribution in [2.45, 2.75) is 57.9 Å². The van der Waals surface area contributed by atoms with E-state index in [1.165, 1.54) is 17.5 Å². The van der Waals surface area contributed by atoms with Crippen LogP contribution in [0, 0.1) is 5.92 Å². The number of aryl methyl sites for hydroxylation is 1. The van der Waals surface area contributed by atoms with Gasteiger partial charge in [0.1, 0.15) is 0 Å². The minimum absolute atomic E-state index is 0. The molecule has 1 saturated carbocycles. The highest BCUT2D eigenvalue weighted by molar-refractivity contribution is 5.85. The van der Waals surface area contributed by atoms with E-state index in [4.69, 9.17) is 0 Å². The zero-order chi connectivity index (χ0) is 19.1. The Hall–Kier alpha value is -1.59. The Balaban J connectivity index is 0.00000280. The maximum absolute atomic E-state index is 12.8. The second-order valence-corrected chi connectivity index (χ2v) is 7.78. The lowest BCUT2D eigenvalue weighted by Crippen LogP contribution is -2.49. The molecule has 2 N–H and O–H groups in total. The predicted molar refractivity (Wildman–Crippen MR) is 115 cm³/mol. The van der Waals surface area contributed by atoms with Crippen LogP contribution in [-0.2, 0) is 16.0 Å². The van der Waals surface area contributed by atoms with Crippen molar-refractivity contribution in [1.29, 1.82) is 0 Å². The maximum atomic E-state index is 12.8. The van der Waals surface area contributed by atoms with Gasteiger partial charge in [0, 0.05) is 38.5 Å². The summed E-state index contributed by atoms with van der Waals surface area (Å²) in [4.78, 5) is 27.0. The first kappa shape index (κ1) is 22.7. The Morgan fingerprint density at radius 3 is 2.54 bits per heavy atom. The van der Waals surface area contributed by atoms with Gasteiger partial charge in [-0.1, -0.05) is 50.5 Å². The minimum Gasteiger partial charge on any atom is -0.355 e. The molecule has 5 nitrogen and oxygen atoms in total. The number of benzene rings is 1. The summed E-state index contributed by atoms with van der Waals surface area (Å²) in [6, 6.07) is 8.66. The fourth-order valence-corrected chi connectivity index (χ4v) is 4.22. The topological polar surface area (TPSA) is 61.4 Å². The van der Waals surface area contributed by atoms with Crippen molar-refractivity contribution < 1.29 is 9.59 Å². The van der Waals surface area contributed by atoms with Gasteiger partial charge in [0.25, 0.3) is 0 Å². The molecule has 1 unspecified atom stereocenters. The van der Waals surface area contributed by atoms with E-state index in [1.54, 1.807) is 0 Å². The molecule has 156 valence electrons. The minimum atomic E-state index is 0. The number of nitrogens with one attached hydrogen (secondary N) is 2. The molecule has 1 aromatic carbocycles. The van der Waals surface area contributed by atoms with Gasteiger partial charge in [-0.3, -0.25) is 9.59 Å². The molecule has 1 aliphatic carbocycles. The molecule has 1 aromatic rings. The van der Waals surface area contributed by atoms with Gasteiger partial charge in [-0.15, -0.1) is 12.4 Å². The number of rotatable bonds is 6. The molecule has 0 spiro atoms. The van der Waals surface area contributed by atoms with E-state index < -0.39 is 0 Å². The summed E-state index contributed by atoms with van der Waals surface area (Å²) in [5.41, 5.74) is 2.49. The van der Waals surface area contributed by atoms with E-state index in [2.05, 4.69) is 41.8 Å². The second-order valence-electron chi connectivity index (χ2n) is 7.78. The fraction of sp³-hybridized carbons (Fsp3) is 0.636. The molecular weight excluding hydrogens is 374 g/mol. The molecule has 2 aliphatic rings. The summed E-state index contributed by atoms with van der Waals surface area (Å²) in [5.74, 6) is 0.414. The van der Waals surface area contributed by atoms with Crippen molar-refractivity contribution in [1.82, 2.24) is 15.5 Å². The van der Waals surface area contributed by atoms with Crippen LogP contribution in [0.25, 0.3) is 0 Å². The van der Waals surface area contributed by atoms with Gasteiger partial charge in [0.15, 0.2) is 0 Å². The lowest BCUT2D eigenvalue weighted by atomic mass is 9.89. The molecule has 28 heavy (non-hydrogen) atoms. The molecular formula is C22H34ClN3O2. The first-order valence-corrected chi connectivity index (χ1v) is 10.6. The van der Waals surface area contributed by atoms with Gasteiger partial charge >= 0.3 is 0 Å². The van der Waals surface area contributed by atoms with E-state index in [1.807, 2.05) is 4.90 Å². The van der Waals surface area contributed by atoms with Crippen molar-refractivity contribution in [3.63, 3.8) is 0 Å². The monoisotopic (exact) mass is 407 g/mol. The highest BCUT2D eigenvalue weighted by Gasteiger charge is 2.28. The third-order valence-electron chi connectivity index (χ3n) is 5.95. The van der Waals surface area contributed by atoms with Crippen molar-refractivity contribution in [2.75, 3.05) is 26.2 Å². The first-order valence-electron chi connectivity index (χ1n) is 10.6. The van der Waals surface area contributed by atoms with Crippen LogP contribution in [0.2, 0.25) is 0 Å². The maximum Gasteiger partial charge on any atom is 0.224 e. The molecule has 0 aromatic heterocycles. The second kappa shape index (κ2) is 11.4. The molecule has 0 bridgehead atoms. The van der Waals surface area contributed by atoms with E-state index in [0.29, 0.717) is 13.0 Å². The molecule has 1 atom stereocenters. The van der Waals surface area contributed by atoms with Gasteiger partial charge in [0.05, 0.1) is 6.04 Å². The molecule has 1 heterocycles. The van der Waals surface area contributed by atoms with Crippen LogP contribution in [0.15, 0.2) is 24.3 Å². The Kier molecular flexibility index (Phi) is 9.26. The highest BCUT2D eigenvalue weighted by Crippen LogP contribution is 2.25. The number of hydrogen-bond acceptors (Lipinski definition) is 3. The SMILES string of the molecule is CCc1ccc(C2CNCCN2C(=O)CCNC(=O)C2CCCCC2)cc1.Cl. The largest absolute Gasteiger partial charge is 0.355 e. The zero-order valence-electron chi connectivity index (χ0n) is 16.9. The number of hydrogen-bond donors (Lipinski definition) is 2. The first-order chi connectivity index (χ1) is 13.2. The standard InChI is InChI=1S/C22H33N3O2.ClH/c1-2-17-8-10-18(11-9-17)20-16-23-14-15-25(20)21(26)12-13-24-22(27)19-6-4-3-5-7-19;/h8-11,19-20,23H,2-7,12-16H2,1H3,(H,24,27);1H. The normalized spacial score (nSPS) is 20.3. The van der Waals surface area contributed by atoms with Crippen LogP contribution in [-0.4, -0.2) is 42.9 Å². The van der Waals surface area contributed by atoms with Crippen LogP contribution in [0.5, 0.6) is 0 Å². The number of piperazine rings is 1. The number of carbonyl (C=O) groups is 2. The zero-order valence-corrected chi connectivity index (χ0v) is 17.7. The van der Waals surface area contributed by atoms with Gasteiger partial charge < -0.3 is 15.5 Å². The van der Waals surface area contributed by atoms with Crippen molar-refractivity contribution in [2.24, 2.45) is 5.92 Å². The summed E-state index contributed by atoms with van der Waals surface area (Å²) in [7, 11) is 0. The van der Waals surface area contributed by atoms with Gasteiger partial charge in [-0.2, -0.15) is 0 Å². The number of nitrogens with zero attached hydrogens (tertiary/aromatic N) is 1. The summed E-state index contributed by atoms with van der Waals surface area (Å²) < 4.78 is 0. The highest BCUT2D eigenvalue weighted by atomic mass is 35.5. The Bertz CT molecular complexity index is 629. The molecule has 6 heteroatoms. The number of carbonyl (C=O) groups excluding carboxylic acids is 2. The van der Waals surface area contributed by atoms with Crippen molar-refractivity contribution >= 4 is 24.2 Å². The van der Waals surface area contributed by atoms with Crippen LogP contribution in [0.4, 0.5) is 0 Å². The number of halogens is 1. The number of amides is 2. The Morgan fingerprint density at radius 2 is 1.86 bits per heavy atom. The van der Waals surface area contributed by atoms with E-state index >= 15 is 0 Å². The average Bonchev–Trinajstić information content (AvgIpc) is 2.74. The lowest BCUT2D eigenvalue weighted by Gasteiger charge is -2.37. The summed E-state index contributed by atoms with van der Waals surface area (Å²) in [6.45, 7) is 4.92. The predicted octanol–water partition coefficient (Wildman–Crippen LogP) is 3.23. The van der Waals surface area contributed by atoms with E-state index in [9.17, 15) is 9.59 Å². The van der Waals surface area contributed by atoms with Gasteiger partial charge in [-0.25, -0.2) is 0 Å². The third-order valence-corrected chi connectivity index (χ3v) is 5.95. The summed E-state index contributed by atoms with van der Waals surface area (Å²) in [5, 5.41) is 6.39. The molecule has 1 aliphatic heterocycles. The average molecular weight is 408 g/mol. The molecule has 2 amide bonds. The molecule has 0 radical (unpaired) electrons. The van der Waals surface area contributed by atoms with Crippen molar-refractivity contribution in [3.8, 4) is 0 Å². The quantitative estimate of drug-likeness (QED) is 0.761. The summed E-state index contributed by atoms with van der Waals surface area (Å²) in [6.07, 6.45) is 6.92. The summed E-state index contributed by atoms with van der Waals surface area (Å²) >= 11 is 0. The van der Waals surface area contributed by atoms with E-state index in [-0.39, 0.29) is 36.2 Å². The molecule has 3 rings (SSSR count). The smallest absolute Gasteiger partial charge is 0.224 e. The van der Waals surface area contributed by atoms with E-state index in [0.717, 1.165) is 51.7 Å². The lowest BCUT2D eigenvalue weighted by molar-refractivity contribution is -0.134. The van der Waals surface area contributed by atoms with Crippen molar-refractivity contribution in [3.05, 3.63) is 35.4 Å². The van der Waals surface area contributed by atoms with Crippen LogP contribution in [0.3, 0.4) is 0 Å². The van der Waals surface area contributed by atoms with Gasteiger partial charge in [-0.05, 0) is 30.4 Å². The fourth-order valence-electron chi connectivity index (χ4n) is 4.22.